The Bertz CT molecular complexity index is 369. The highest BCUT2D eigenvalue weighted by atomic mass is 127. The largest absolute Gasteiger partial charge is 0.366 e. The lowest BCUT2D eigenvalue weighted by atomic mass is 10.2. The number of anilines is 1. The fourth-order valence-electron chi connectivity index (χ4n) is 1.75. The lowest BCUT2D eigenvalue weighted by Gasteiger charge is -2.14. The van der Waals surface area contributed by atoms with Crippen LogP contribution >= 0.6 is 50.1 Å². The number of halogens is 3. The topological polar surface area (TPSA) is 37.8 Å². The van der Waals surface area contributed by atoms with Crippen LogP contribution in [0.3, 0.4) is 0 Å². The maximum Gasteiger partial charge on any atom is 0.225 e. The van der Waals surface area contributed by atoms with E-state index in [0.29, 0.717) is 11.3 Å². The van der Waals surface area contributed by atoms with Gasteiger partial charge in [0, 0.05) is 6.04 Å². The summed E-state index contributed by atoms with van der Waals surface area (Å²) in [5.41, 5.74) is 0. The number of hydrogen-bond acceptors (Lipinski definition) is 3. The normalized spacial score (nSPS) is 17.0. The fourth-order valence-corrected chi connectivity index (χ4v) is 2.84. The molecule has 2 rings (SSSR count). The zero-order valence-electron chi connectivity index (χ0n) is 7.93. The fraction of sp³-hybridized carbons (Fsp3) is 0.556. The van der Waals surface area contributed by atoms with Crippen molar-refractivity contribution >= 4 is 55.9 Å². The molecule has 0 spiro atoms. The third-order valence-electron chi connectivity index (χ3n) is 2.48. The zero-order valence-corrected chi connectivity index (χ0v) is 12.4. The standard InChI is InChI=1S/C9H10BrClIN3/c10-6-7(12)14-9(11)15-8(6)13-5-3-1-2-4-5/h5H,1-4H2,(H,13,14,15). The molecule has 15 heavy (non-hydrogen) atoms. The molecule has 0 atom stereocenters. The molecule has 1 saturated carbocycles. The van der Waals surface area contributed by atoms with Crippen molar-refractivity contribution in [2.75, 3.05) is 5.32 Å². The Kier molecular flexibility index (Phi) is 4.06. The van der Waals surface area contributed by atoms with Gasteiger partial charge in [0.15, 0.2) is 0 Å². The van der Waals surface area contributed by atoms with Gasteiger partial charge in [-0.3, -0.25) is 0 Å². The molecule has 1 heterocycles. The molecule has 1 aliphatic rings. The molecule has 0 bridgehead atoms. The molecule has 1 N–H and O–H groups in total. The predicted molar refractivity (Wildman–Crippen MR) is 73.3 cm³/mol. The van der Waals surface area contributed by atoms with Crippen LogP contribution in [-0.2, 0) is 0 Å². The summed E-state index contributed by atoms with van der Waals surface area (Å²) in [4.78, 5) is 8.25. The minimum absolute atomic E-state index is 0.295. The molecule has 1 aromatic heterocycles. The Morgan fingerprint density at radius 2 is 2.00 bits per heavy atom. The molecule has 0 saturated heterocycles. The molecule has 0 amide bonds. The second kappa shape index (κ2) is 5.14. The summed E-state index contributed by atoms with van der Waals surface area (Å²) in [5.74, 6) is 0.811. The quantitative estimate of drug-likeness (QED) is 0.464. The second-order valence-electron chi connectivity index (χ2n) is 3.57. The maximum absolute atomic E-state index is 5.82. The van der Waals surface area contributed by atoms with Crippen LogP contribution in [-0.4, -0.2) is 16.0 Å². The van der Waals surface area contributed by atoms with Crippen LogP contribution in [0.25, 0.3) is 0 Å². The summed E-state index contributed by atoms with van der Waals surface area (Å²) in [7, 11) is 0. The molecule has 0 radical (unpaired) electrons. The van der Waals surface area contributed by atoms with Gasteiger partial charge < -0.3 is 5.32 Å². The lowest BCUT2D eigenvalue weighted by molar-refractivity contribution is 0.748. The van der Waals surface area contributed by atoms with Gasteiger partial charge in [0.1, 0.15) is 9.52 Å². The maximum atomic E-state index is 5.82. The zero-order chi connectivity index (χ0) is 10.8. The first-order chi connectivity index (χ1) is 7.16. The summed E-state index contributed by atoms with van der Waals surface area (Å²) < 4.78 is 1.74. The summed E-state index contributed by atoms with van der Waals surface area (Å²) in [6, 6.07) is 0.531. The molecule has 3 nitrogen and oxygen atoms in total. The van der Waals surface area contributed by atoms with Gasteiger partial charge in [-0.15, -0.1) is 0 Å². The van der Waals surface area contributed by atoms with Gasteiger partial charge in [0.05, 0.1) is 4.47 Å². The summed E-state index contributed by atoms with van der Waals surface area (Å²) >= 11 is 11.4. The first kappa shape index (κ1) is 11.9. The highest BCUT2D eigenvalue weighted by molar-refractivity contribution is 14.1. The molecule has 1 aromatic rings. The number of hydrogen-bond donors (Lipinski definition) is 1. The molecule has 6 heteroatoms. The smallest absolute Gasteiger partial charge is 0.225 e. The van der Waals surface area contributed by atoms with Crippen LogP contribution in [0, 0.1) is 3.70 Å². The van der Waals surface area contributed by atoms with Gasteiger partial charge in [0.2, 0.25) is 5.28 Å². The minimum Gasteiger partial charge on any atom is -0.366 e. The molecule has 0 aromatic carbocycles. The van der Waals surface area contributed by atoms with Crippen molar-refractivity contribution in [1.29, 1.82) is 0 Å². The Hall–Kier alpha value is 0.380. The van der Waals surface area contributed by atoms with Crippen LogP contribution in [0.1, 0.15) is 25.7 Å². The molecule has 82 valence electrons. The molecule has 0 unspecified atom stereocenters. The Morgan fingerprint density at radius 3 is 2.67 bits per heavy atom. The SMILES string of the molecule is Clc1nc(I)c(Br)c(NC2CCCC2)n1. The predicted octanol–water partition coefficient (Wildman–Crippen LogP) is 3.85. The van der Waals surface area contributed by atoms with E-state index in [1.807, 2.05) is 0 Å². The van der Waals surface area contributed by atoms with Crippen molar-refractivity contribution in [3.63, 3.8) is 0 Å². The van der Waals surface area contributed by atoms with E-state index in [9.17, 15) is 0 Å². The lowest BCUT2D eigenvalue weighted by Crippen LogP contribution is -2.16. The third kappa shape index (κ3) is 2.94. The molecular weight excluding hydrogens is 392 g/mol. The third-order valence-corrected chi connectivity index (χ3v) is 4.92. The average molecular weight is 402 g/mol. The molecule has 0 aliphatic heterocycles. The molecular formula is C9H10BrClIN3. The average Bonchev–Trinajstić information content (AvgIpc) is 2.66. The number of nitrogens with zero attached hydrogens (tertiary/aromatic N) is 2. The van der Waals surface area contributed by atoms with Gasteiger partial charge in [-0.25, -0.2) is 4.98 Å². The Balaban J connectivity index is 2.19. The monoisotopic (exact) mass is 401 g/mol. The van der Waals surface area contributed by atoms with E-state index in [-0.39, 0.29) is 0 Å². The van der Waals surface area contributed by atoms with E-state index in [2.05, 4.69) is 53.8 Å². The first-order valence-electron chi connectivity index (χ1n) is 4.82. The Labute approximate surface area is 116 Å². The van der Waals surface area contributed by atoms with Gasteiger partial charge >= 0.3 is 0 Å². The highest BCUT2D eigenvalue weighted by Crippen LogP contribution is 2.29. The van der Waals surface area contributed by atoms with Crippen LogP contribution in [0.4, 0.5) is 5.82 Å². The van der Waals surface area contributed by atoms with E-state index in [4.69, 9.17) is 11.6 Å². The van der Waals surface area contributed by atoms with Crippen LogP contribution in [0.2, 0.25) is 5.28 Å². The minimum atomic E-state index is 0.295. The summed E-state index contributed by atoms with van der Waals surface area (Å²) in [6.45, 7) is 0. The van der Waals surface area contributed by atoms with Gasteiger partial charge in [-0.2, -0.15) is 4.98 Å². The summed E-state index contributed by atoms with van der Waals surface area (Å²) in [6.07, 6.45) is 5.02. The van der Waals surface area contributed by atoms with Crippen molar-refractivity contribution in [2.45, 2.75) is 31.7 Å². The van der Waals surface area contributed by atoms with Crippen molar-refractivity contribution in [3.05, 3.63) is 13.5 Å². The number of aromatic nitrogens is 2. The summed E-state index contributed by atoms with van der Waals surface area (Å²) in [5, 5.41) is 3.70. The highest BCUT2D eigenvalue weighted by Gasteiger charge is 2.17. The van der Waals surface area contributed by atoms with Crippen molar-refractivity contribution in [1.82, 2.24) is 9.97 Å². The van der Waals surface area contributed by atoms with E-state index in [1.165, 1.54) is 25.7 Å². The number of nitrogens with one attached hydrogen (secondary N) is 1. The van der Waals surface area contributed by atoms with Crippen molar-refractivity contribution in [2.24, 2.45) is 0 Å². The van der Waals surface area contributed by atoms with E-state index >= 15 is 0 Å². The second-order valence-corrected chi connectivity index (χ2v) is 5.72. The van der Waals surface area contributed by atoms with Gasteiger partial charge in [-0.05, 0) is 63.0 Å². The Morgan fingerprint density at radius 1 is 1.33 bits per heavy atom. The van der Waals surface area contributed by atoms with Crippen molar-refractivity contribution in [3.8, 4) is 0 Å². The van der Waals surface area contributed by atoms with E-state index in [1.54, 1.807) is 0 Å². The van der Waals surface area contributed by atoms with Gasteiger partial charge in [-0.1, -0.05) is 12.8 Å². The van der Waals surface area contributed by atoms with E-state index < -0.39 is 0 Å². The number of rotatable bonds is 2. The van der Waals surface area contributed by atoms with Gasteiger partial charge in [0.25, 0.3) is 0 Å². The molecule has 1 fully saturated rings. The first-order valence-corrected chi connectivity index (χ1v) is 7.07. The van der Waals surface area contributed by atoms with Crippen LogP contribution in [0.5, 0.6) is 0 Å². The van der Waals surface area contributed by atoms with Crippen LogP contribution < -0.4 is 5.32 Å². The molecule has 1 aliphatic carbocycles. The van der Waals surface area contributed by atoms with E-state index in [0.717, 1.165) is 14.0 Å². The van der Waals surface area contributed by atoms with Crippen LogP contribution in [0.15, 0.2) is 4.47 Å². The van der Waals surface area contributed by atoms with Crippen molar-refractivity contribution < 1.29 is 0 Å².